The number of nitrogens with one attached hydrogen (secondary N) is 1. The van der Waals surface area contributed by atoms with Gasteiger partial charge >= 0.3 is 0 Å². The molecule has 0 radical (unpaired) electrons. The van der Waals surface area contributed by atoms with Gasteiger partial charge in [-0.3, -0.25) is 9.78 Å². The van der Waals surface area contributed by atoms with Gasteiger partial charge in [0.15, 0.2) is 0 Å². The monoisotopic (exact) mass is 273 g/mol. The van der Waals surface area contributed by atoms with Gasteiger partial charge in [-0.05, 0) is 18.1 Å². The van der Waals surface area contributed by atoms with Crippen LogP contribution in [0.25, 0.3) is 0 Å². The quantitative estimate of drug-likeness (QED) is 0.833. The third-order valence-corrected chi connectivity index (χ3v) is 3.05. The van der Waals surface area contributed by atoms with Crippen LogP contribution in [0.1, 0.15) is 37.8 Å². The molecule has 6 heteroatoms. The number of nitrogens with zero attached hydrogens (tertiary/aromatic N) is 4. The van der Waals surface area contributed by atoms with E-state index in [1.807, 2.05) is 12.1 Å². The van der Waals surface area contributed by atoms with Crippen molar-refractivity contribution in [2.75, 3.05) is 0 Å². The number of unbranched alkanes of at least 4 members (excludes halogenated alkanes) is 1. The molecule has 20 heavy (non-hydrogen) atoms. The molecule has 2 rings (SSSR count). The van der Waals surface area contributed by atoms with Gasteiger partial charge in [0, 0.05) is 18.6 Å². The average Bonchev–Trinajstić information content (AvgIpc) is 2.97. The highest BCUT2D eigenvalue weighted by atomic mass is 16.2. The molecule has 0 saturated heterocycles. The Bertz CT molecular complexity index is 512. The summed E-state index contributed by atoms with van der Waals surface area (Å²) in [6, 6.07) is 3.88. The summed E-state index contributed by atoms with van der Waals surface area (Å²) in [6.45, 7) is 2.32. The molecule has 2 aromatic rings. The highest BCUT2D eigenvalue weighted by molar-refractivity contribution is 5.76. The van der Waals surface area contributed by atoms with E-state index in [1.165, 1.54) is 4.68 Å². The molecule has 0 unspecified atom stereocenters. The standard InChI is InChI=1S/C14H19N5O/c1-2-3-6-13(12-5-4-7-15-10-12)17-14(20)11-19-9-8-16-18-19/h4-5,7-10,13H,2-3,6,11H2,1H3,(H,17,20)/t13-/m1/s1. The summed E-state index contributed by atoms with van der Waals surface area (Å²) >= 11 is 0. The molecule has 2 heterocycles. The Morgan fingerprint density at radius 1 is 1.45 bits per heavy atom. The van der Waals surface area contributed by atoms with Crippen LogP contribution in [0.3, 0.4) is 0 Å². The fourth-order valence-electron chi connectivity index (χ4n) is 2.02. The van der Waals surface area contributed by atoms with Crippen molar-refractivity contribution in [2.24, 2.45) is 0 Å². The zero-order chi connectivity index (χ0) is 14.2. The van der Waals surface area contributed by atoms with Gasteiger partial charge in [0.25, 0.3) is 0 Å². The molecule has 2 aromatic heterocycles. The van der Waals surface area contributed by atoms with Crippen molar-refractivity contribution in [3.05, 3.63) is 42.5 Å². The first-order valence-corrected chi connectivity index (χ1v) is 6.83. The Morgan fingerprint density at radius 3 is 3.00 bits per heavy atom. The number of carbonyl (C=O) groups is 1. The average molecular weight is 273 g/mol. The predicted octanol–water partition coefficient (Wildman–Crippen LogP) is 1.72. The van der Waals surface area contributed by atoms with Gasteiger partial charge in [-0.25, -0.2) is 4.68 Å². The SMILES string of the molecule is CCCC[C@@H](NC(=O)Cn1ccnn1)c1cccnc1. The maximum absolute atomic E-state index is 12.0. The fraction of sp³-hybridized carbons (Fsp3) is 0.429. The van der Waals surface area contributed by atoms with E-state index < -0.39 is 0 Å². The molecule has 0 saturated carbocycles. The summed E-state index contributed by atoms with van der Waals surface area (Å²) in [5, 5.41) is 10.5. The van der Waals surface area contributed by atoms with Crippen LogP contribution < -0.4 is 5.32 Å². The summed E-state index contributed by atoms with van der Waals surface area (Å²) in [7, 11) is 0. The van der Waals surface area contributed by atoms with Crippen molar-refractivity contribution in [3.8, 4) is 0 Å². The first-order valence-electron chi connectivity index (χ1n) is 6.83. The van der Waals surface area contributed by atoms with Gasteiger partial charge in [-0.1, -0.05) is 31.0 Å². The topological polar surface area (TPSA) is 72.7 Å². The van der Waals surface area contributed by atoms with E-state index in [0.717, 1.165) is 24.8 Å². The molecule has 0 fully saturated rings. The second-order valence-electron chi connectivity index (χ2n) is 4.65. The lowest BCUT2D eigenvalue weighted by Crippen LogP contribution is -2.31. The van der Waals surface area contributed by atoms with E-state index in [-0.39, 0.29) is 18.5 Å². The first kappa shape index (κ1) is 14.2. The zero-order valence-electron chi connectivity index (χ0n) is 11.6. The van der Waals surface area contributed by atoms with E-state index in [0.29, 0.717) is 0 Å². The van der Waals surface area contributed by atoms with Crippen molar-refractivity contribution in [2.45, 2.75) is 38.8 Å². The minimum atomic E-state index is -0.0690. The molecule has 0 bridgehead atoms. The maximum Gasteiger partial charge on any atom is 0.242 e. The fourth-order valence-corrected chi connectivity index (χ4v) is 2.02. The Labute approximate surface area is 118 Å². The largest absolute Gasteiger partial charge is 0.348 e. The van der Waals surface area contributed by atoms with Crippen LogP contribution in [0.2, 0.25) is 0 Å². The van der Waals surface area contributed by atoms with Crippen molar-refractivity contribution < 1.29 is 4.79 Å². The normalized spacial score (nSPS) is 12.1. The van der Waals surface area contributed by atoms with Gasteiger partial charge < -0.3 is 5.32 Å². The third kappa shape index (κ3) is 4.15. The van der Waals surface area contributed by atoms with Gasteiger partial charge in [0.2, 0.25) is 5.91 Å². The molecule has 1 atom stereocenters. The van der Waals surface area contributed by atoms with E-state index in [4.69, 9.17) is 0 Å². The van der Waals surface area contributed by atoms with Crippen LogP contribution >= 0.6 is 0 Å². The Morgan fingerprint density at radius 2 is 2.35 bits per heavy atom. The van der Waals surface area contributed by atoms with Crippen LogP contribution in [0.5, 0.6) is 0 Å². The molecular weight excluding hydrogens is 254 g/mol. The number of hydrogen-bond donors (Lipinski definition) is 1. The number of pyridine rings is 1. The summed E-state index contributed by atoms with van der Waals surface area (Å²) in [6.07, 6.45) is 9.82. The van der Waals surface area contributed by atoms with E-state index >= 15 is 0 Å². The highest BCUT2D eigenvalue weighted by Crippen LogP contribution is 2.18. The molecule has 0 aliphatic rings. The minimum Gasteiger partial charge on any atom is -0.348 e. The molecule has 1 N–H and O–H groups in total. The lowest BCUT2D eigenvalue weighted by Gasteiger charge is -2.18. The molecule has 0 aromatic carbocycles. The first-order chi connectivity index (χ1) is 9.79. The molecule has 1 amide bonds. The Balaban J connectivity index is 1.98. The van der Waals surface area contributed by atoms with Crippen LogP contribution in [-0.4, -0.2) is 25.9 Å². The van der Waals surface area contributed by atoms with Crippen LogP contribution in [0, 0.1) is 0 Å². The van der Waals surface area contributed by atoms with Crippen molar-refractivity contribution in [3.63, 3.8) is 0 Å². The van der Waals surface area contributed by atoms with Crippen LogP contribution in [0.15, 0.2) is 36.9 Å². The molecule has 106 valence electrons. The molecule has 6 nitrogen and oxygen atoms in total. The van der Waals surface area contributed by atoms with Gasteiger partial charge in [-0.2, -0.15) is 0 Å². The van der Waals surface area contributed by atoms with Crippen LogP contribution in [-0.2, 0) is 11.3 Å². The number of aromatic nitrogens is 4. The van der Waals surface area contributed by atoms with Crippen molar-refractivity contribution in [1.29, 1.82) is 0 Å². The lowest BCUT2D eigenvalue weighted by molar-refractivity contribution is -0.122. The van der Waals surface area contributed by atoms with E-state index in [1.54, 1.807) is 24.8 Å². The molecule has 0 spiro atoms. The summed E-state index contributed by atoms with van der Waals surface area (Å²) < 4.78 is 1.51. The Hall–Kier alpha value is -2.24. The highest BCUT2D eigenvalue weighted by Gasteiger charge is 2.14. The summed E-state index contributed by atoms with van der Waals surface area (Å²) in [5.41, 5.74) is 1.04. The van der Waals surface area contributed by atoms with Gasteiger partial charge in [0.1, 0.15) is 6.54 Å². The smallest absolute Gasteiger partial charge is 0.242 e. The van der Waals surface area contributed by atoms with E-state index in [9.17, 15) is 4.79 Å². The van der Waals surface area contributed by atoms with Gasteiger partial charge in [0.05, 0.1) is 12.2 Å². The van der Waals surface area contributed by atoms with Crippen LogP contribution in [0.4, 0.5) is 0 Å². The molecule has 0 aliphatic heterocycles. The zero-order valence-corrected chi connectivity index (χ0v) is 11.6. The molecular formula is C14H19N5O. The lowest BCUT2D eigenvalue weighted by atomic mass is 10.0. The number of hydrogen-bond acceptors (Lipinski definition) is 4. The van der Waals surface area contributed by atoms with Crippen molar-refractivity contribution in [1.82, 2.24) is 25.3 Å². The number of amides is 1. The predicted molar refractivity (Wildman–Crippen MR) is 74.7 cm³/mol. The van der Waals surface area contributed by atoms with E-state index in [2.05, 4.69) is 27.5 Å². The Kier molecular flexibility index (Phi) is 5.23. The second-order valence-corrected chi connectivity index (χ2v) is 4.65. The number of rotatable bonds is 7. The summed E-state index contributed by atoms with van der Waals surface area (Å²) in [5.74, 6) is -0.0690. The van der Waals surface area contributed by atoms with Crippen molar-refractivity contribution >= 4 is 5.91 Å². The third-order valence-electron chi connectivity index (χ3n) is 3.05. The molecule has 0 aliphatic carbocycles. The maximum atomic E-state index is 12.0. The minimum absolute atomic E-state index is 0.000304. The second kappa shape index (κ2) is 7.37. The van der Waals surface area contributed by atoms with Gasteiger partial charge in [-0.15, -0.1) is 5.10 Å². The number of carbonyl (C=O) groups excluding carboxylic acids is 1. The summed E-state index contributed by atoms with van der Waals surface area (Å²) in [4.78, 5) is 16.2.